The Hall–Kier alpha value is -1.82. The Bertz CT molecular complexity index is 576. The van der Waals surface area contributed by atoms with Gasteiger partial charge in [-0.2, -0.15) is 0 Å². The molecular formula is C18H25N5. The highest BCUT2D eigenvalue weighted by Crippen LogP contribution is 2.09. The molecule has 5 heteroatoms. The fourth-order valence-corrected chi connectivity index (χ4v) is 2.78. The van der Waals surface area contributed by atoms with Gasteiger partial charge in [0, 0.05) is 64.4 Å². The normalized spacial score (nSPS) is 16.6. The number of likely N-dealkylation sites (N-methyl/N-ethyl adjacent to an activating group) is 1. The highest BCUT2D eigenvalue weighted by molar-refractivity contribution is 5.22. The standard InChI is InChI=1S/C18H25N5/c1-22-8-10-23(11-9-22)15-17-4-2-16(3-5-17)12-20-14-18-13-19-6-7-21-18/h2-7,13,20H,8-12,14-15H2,1H3. The molecule has 1 N–H and O–H groups in total. The molecule has 0 spiro atoms. The van der Waals surface area contributed by atoms with Crippen LogP contribution in [0.3, 0.4) is 0 Å². The smallest absolute Gasteiger partial charge is 0.0724 e. The average molecular weight is 311 g/mol. The second kappa shape index (κ2) is 8.15. The maximum atomic E-state index is 4.26. The first kappa shape index (κ1) is 16.1. The largest absolute Gasteiger partial charge is 0.307 e. The van der Waals surface area contributed by atoms with E-state index in [0.29, 0.717) is 0 Å². The van der Waals surface area contributed by atoms with E-state index in [0.717, 1.165) is 38.4 Å². The molecule has 1 aliphatic heterocycles. The Labute approximate surface area is 138 Å². The molecule has 0 saturated carbocycles. The van der Waals surface area contributed by atoms with Crippen molar-refractivity contribution in [3.63, 3.8) is 0 Å². The maximum Gasteiger partial charge on any atom is 0.0724 e. The summed E-state index contributed by atoms with van der Waals surface area (Å²) >= 11 is 0. The number of nitrogens with zero attached hydrogens (tertiary/aromatic N) is 4. The fraction of sp³-hybridized carbons (Fsp3) is 0.444. The van der Waals surface area contributed by atoms with Gasteiger partial charge in [0.15, 0.2) is 0 Å². The van der Waals surface area contributed by atoms with Crippen LogP contribution in [-0.2, 0) is 19.6 Å². The van der Waals surface area contributed by atoms with E-state index < -0.39 is 0 Å². The number of hydrogen-bond donors (Lipinski definition) is 1. The van der Waals surface area contributed by atoms with Gasteiger partial charge in [-0.05, 0) is 18.2 Å². The predicted molar refractivity (Wildman–Crippen MR) is 91.8 cm³/mol. The van der Waals surface area contributed by atoms with Crippen LogP contribution in [0.5, 0.6) is 0 Å². The van der Waals surface area contributed by atoms with Crippen LogP contribution >= 0.6 is 0 Å². The number of benzene rings is 1. The average Bonchev–Trinajstić information content (AvgIpc) is 2.59. The first-order valence-corrected chi connectivity index (χ1v) is 8.24. The van der Waals surface area contributed by atoms with Crippen molar-refractivity contribution in [2.75, 3.05) is 33.2 Å². The lowest BCUT2D eigenvalue weighted by Crippen LogP contribution is -2.43. The number of hydrogen-bond acceptors (Lipinski definition) is 5. The van der Waals surface area contributed by atoms with E-state index in [-0.39, 0.29) is 0 Å². The number of aromatic nitrogens is 2. The van der Waals surface area contributed by atoms with E-state index in [1.165, 1.54) is 24.2 Å². The van der Waals surface area contributed by atoms with E-state index in [9.17, 15) is 0 Å². The van der Waals surface area contributed by atoms with Crippen LogP contribution in [0.2, 0.25) is 0 Å². The minimum absolute atomic E-state index is 0.747. The van der Waals surface area contributed by atoms with Crippen LogP contribution in [0.1, 0.15) is 16.8 Å². The van der Waals surface area contributed by atoms with Gasteiger partial charge in [-0.15, -0.1) is 0 Å². The van der Waals surface area contributed by atoms with Crippen LogP contribution in [0.15, 0.2) is 42.9 Å². The molecule has 5 nitrogen and oxygen atoms in total. The molecule has 1 aromatic heterocycles. The molecule has 122 valence electrons. The second-order valence-electron chi connectivity index (χ2n) is 6.20. The molecule has 1 fully saturated rings. The number of rotatable bonds is 6. The number of piperazine rings is 1. The Morgan fingerprint density at radius 3 is 2.39 bits per heavy atom. The van der Waals surface area contributed by atoms with Gasteiger partial charge in [0.2, 0.25) is 0 Å². The summed E-state index contributed by atoms with van der Waals surface area (Å²) < 4.78 is 0. The van der Waals surface area contributed by atoms with Crippen molar-refractivity contribution in [2.24, 2.45) is 0 Å². The lowest BCUT2D eigenvalue weighted by atomic mass is 10.1. The second-order valence-corrected chi connectivity index (χ2v) is 6.20. The van der Waals surface area contributed by atoms with Crippen molar-refractivity contribution in [2.45, 2.75) is 19.6 Å². The molecule has 1 saturated heterocycles. The van der Waals surface area contributed by atoms with Gasteiger partial charge in [-0.3, -0.25) is 14.9 Å². The highest BCUT2D eigenvalue weighted by atomic mass is 15.2. The van der Waals surface area contributed by atoms with Crippen molar-refractivity contribution >= 4 is 0 Å². The summed E-state index contributed by atoms with van der Waals surface area (Å²) in [5.41, 5.74) is 3.67. The lowest BCUT2D eigenvalue weighted by Gasteiger charge is -2.32. The van der Waals surface area contributed by atoms with Crippen LogP contribution in [0.25, 0.3) is 0 Å². The third kappa shape index (κ3) is 5.10. The zero-order valence-electron chi connectivity index (χ0n) is 13.8. The summed E-state index contributed by atoms with van der Waals surface area (Å²) in [7, 11) is 2.19. The zero-order chi connectivity index (χ0) is 15.9. The van der Waals surface area contributed by atoms with Crippen molar-refractivity contribution in [3.05, 3.63) is 59.7 Å². The van der Waals surface area contributed by atoms with Crippen LogP contribution in [0, 0.1) is 0 Å². The number of nitrogens with one attached hydrogen (secondary N) is 1. The Balaban J connectivity index is 1.43. The Morgan fingerprint density at radius 2 is 1.70 bits per heavy atom. The van der Waals surface area contributed by atoms with E-state index >= 15 is 0 Å². The third-order valence-corrected chi connectivity index (χ3v) is 4.28. The minimum Gasteiger partial charge on any atom is -0.307 e. The van der Waals surface area contributed by atoms with Crippen LogP contribution in [0.4, 0.5) is 0 Å². The summed E-state index contributed by atoms with van der Waals surface area (Å²) in [5, 5.41) is 3.41. The van der Waals surface area contributed by atoms with Crippen LogP contribution < -0.4 is 5.32 Å². The quantitative estimate of drug-likeness (QED) is 0.876. The molecule has 0 atom stereocenters. The van der Waals surface area contributed by atoms with Gasteiger partial charge < -0.3 is 10.2 Å². The van der Waals surface area contributed by atoms with Gasteiger partial charge in [0.05, 0.1) is 5.69 Å². The molecular weight excluding hydrogens is 286 g/mol. The van der Waals surface area contributed by atoms with E-state index in [1.807, 2.05) is 0 Å². The SMILES string of the molecule is CN1CCN(Cc2ccc(CNCc3cnccn3)cc2)CC1. The molecule has 0 radical (unpaired) electrons. The third-order valence-electron chi connectivity index (χ3n) is 4.28. The highest BCUT2D eigenvalue weighted by Gasteiger charge is 2.13. The predicted octanol–water partition coefficient (Wildman–Crippen LogP) is 1.51. The van der Waals surface area contributed by atoms with Crippen molar-refractivity contribution in [1.29, 1.82) is 0 Å². The summed E-state index contributed by atoms with van der Waals surface area (Å²) in [6.07, 6.45) is 5.22. The van der Waals surface area contributed by atoms with Crippen molar-refractivity contribution < 1.29 is 0 Å². The molecule has 1 aliphatic rings. The first-order valence-electron chi connectivity index (χ1n) is 8.24. The molecule has 0 bridgehead atoms. The van der Waals surface area contributed by atoms with Gasteiger partial charge >= 0.3 is 0 Å². The monoisotopic (exact) mass is 311 g/mol. The molecule has 0 amide bonds. The minimum atomic E-state index is 0.747. The molecule has 0 aliphatic carbocycles. The summed E-state index contributed by atoms with van der Waals surface area (Å²) in [5.74, 6) is 0. The van der Waals surface area contributed by atoms with Crippen LogP contribution in [-0.4, -0.2) is 53.0 Å². The van der Waals surface area contributed by atoms with E-state index in [2.05, 4.69) is 56.4 Å². The zero-order valence-corrected chi connectivity index (χ0v) is 13.8. The summed E-state index contributed by atoms with van der Waals surface area (Å²) in [6, 6.07) is 8.93. The van der Waals surface area contributed by atoms with Crippen molar-refractivity contribution in [1.82, 2.24) is 25.1 Å². The summed E-state index contributed by atoms with van der Waals surface area (Å²) in [4.78, 5) is 13.3. The lowest BCUT2D eigenvalue weighted by molar-refractivity contribution is 0.148. The molecule has 23 heavy (non-hydrogen) atoms. The topological polar surface area (TPSA) is 44.3 Å². The maximum absolute atomic E-state index is 4.26. The molecule has 0 unspecified atom stereocenters. The van der Waals surface area contributed by atoms with Crippen molar-refractivity contribution in [3.8, 4) is 0 Å². The Kier molecular flexibility index (Phi) is 5.69. The molecule has 1 aromatic carbocycles. The Morgan fingerprint density at radius 1 is 0.957 bits per heavy atom. The van der Waals surface area contributed by atoms with Gasteiger partial charge in [0.25, 0.3) is 0 Å². The molecule has 2 aromatic rings. The fourth-order valence-electron chi connectivity index (χ4n) is 2.78. The summed E-state index contributed by atoms with van der Waals surface area (Å²) in [6.45, 7) is 7.33. The van der Waals surface area contributed by atoms with Gasteiger partial charge in [0.1, 0.15) is 0 Å². The van der Waals surface area contributed by atoms with E-state index in [1.54, 1.807) is 18.6 Å². The molecule has 2 heterocycles. The van der Waals surface area contributed by atoms with Gasteiger partial charge in [-0.1, -0.05) is 24.3 Å². The first-order chi connectivity index (χ1) is 11.3. The van der Waals surface area contributed by atoms with E-state index in [4.69, 9.17) is 0 Å². The molecule has 3 rings (SSSR count). The van der Waals surface area contributed by atoms with Gasteiger partial charge in [-0.25, -0.2) is 0 Å².